The van der Waals surface area contributed by atoms with Crippen molar-refractivity contribution in [3.8, 4) is 0 Å². The Hall–Kier alpha value is -0.860. The molecule has 3 rings (SSSR count). The second kappa shape index (κ2) is 5.02. The van der Waals surface area contributed by atoms with E-state index in [2.05, 4.69) is 18.2 Å². The van der Waals surface area contributed by atoms with Gasteiger partial charge in [0.25, 0.3) is 0 Å². The highest BCUT2D eigenvalue weighted by molar-refractivity contribution is 5.35. The molecule has 0 unspecified atom stereocenters. The Morgan fingerprint density at radius 2 is 1.89 bits per heavy atom. The zero-order valence-electron chi connectivity index (χ0n) is 11.0. The Morgan fingerprint density at radius 3 is 2.67 bits per heavy atom. The fourth-order valence-corrected chi connectivity index (χ4v) is 3.36. The number of hydrogen-bond acceptors (Lipinski definition) is 2. The largest absolute Gasteiger partial charge is 0.396 e. The number of rotatable bonds is 3. The van der Waals surface area contributed by atoms with Gasteiger partial charge in [-0.25, -0.2) is 0 Å². The summed E-state index contributed by atoms with van der Waals surface area (Å²) in [6, 6.07) is 6.92. The molecule has 2 aliphatic rings. The molecule has 1 aromatic rings. The van der Waals surface area contributed by atoms with Gasteiger partial charge in [0, 0.05) is 25.2 Å². The van der Waals surface area contributed by atoms with Crippen molar-refractivity contribution >= 4 is 0 Å². The molecule has 1 aliphatic heterocycles. The van der Waals surface area contributed by atoms with Crippen LogP contribution in [0.4, 0.5) is 0 Å². The number of aryl methyl sites for hydroxylation is 2. The molecule has 0 saturated carbocycles. The summed E-state index contributed by atoms with van der Waals surface area (Å²) in [5, 5.41) is 9.74. The molecule has 1 heterocycles. The first-order valence-corrected chi connectivity index (χ1v) is 7.11. The van der Waals surface area contributed by atoms with E-state index < -0.39 is 0 Å². The van der Waals surface area contributed by atoms with Crippen LogP contribution in [0.15, 0.2) is 18.2 Å². The predicted octanol–water partition coefficient (Wildman–Crippen LogP) is 2.51. The maximum absolute atomic E-state index is 9.74. The van der Waals surface area contributed by atoms with Gasteiger partial charge in [-0.15, -0.1) is 0 Å². The van der Waals surface area contributed by atoms with E-state index in [1.807, 2.05) is 0 Å². The molecule has 1 aromatic carbocycles. The third kappa shape index (κ3) is 2.32. The maximum atomic E-state index is 9.74. The molecule has 98 valence electrons. The SMILES string of the molecule is OCC1(Cc2ccc3c(c2)CCC3)CCOCC1. The van der Waals surface area contributed by atoms with Crippen LogP contribution < -0.4 is 0 Å². The lowest BCUT2D eigenvalue weighted by molar-refractivity contribution is -0.0157. The number of aliphatic hydroxyl groups is 1. The summed E-state index contributed by atoms with van der Waals surface area (Å²) in [5.74, 6) is 0. The van der Waals surface area contributed by atoms with Crippen molar-refractivity contribution < 1.29 is 9.84 Å². The first-order valence-electron chi connectivity index (χ1n) is 7.11. The Labute approximate surface area is 109 Å². The van der Waals surface area contributed by atoms with E-state index in [1.165, 1.54) is 36.0 Å². The van der Waals surface area contributed by atoms with Crippen LogP contribution in [0.25, 0.3) is 0 Å². The lowest BCUT2D eigenvalue weighted by atomic mass is 9.76. The number of ether oxygens (including phenoxy) is 1. The highest BCUT2D eigenvalue weighted by Gasteiger charge is 2.32. The van der Waals surface area contributed by atoms with Crippen molar-refractivity contribution in [3.05, 3.63) is 34.9 Å². The molecule has 1 fully saturated rings. The molecule has 18 heavy (non-hydrogen) atoms. The van der Waals surface area contributed by atoms with Gasteiger partial charge in [0.15, 0.2) is 0 Å². The zero-order chi connectivity index (χ0) is 12.4. The van der Waals surface area contributed by atoms with Gasteiger partial charge in [-0.1, -0.05) is 18.2 Å². The number of hydrogen-bond donors (Lipinski definition) is 1. The van der Waals surface area contributed by atoms with Crippen molar-refractivity contribution in [2.45, 2.75) is 38.5 Å². The van der Waals surface area contributed by atoms with Crippen LogP contribution in [-0.4, -0.2) is 24.9 Å². The van der Waals surface area contributed by atoms with Crippen LogP contribution >= 0.6 is 0 Å². The molecular formula is C16H22O2. The van der Waals surface area contributed by atoms with Gasteiger partial charge < -0.3 is 9.84 Å². The van der Waals surface area contributed by atoms with Gasteiger partial charge in [0.2, 0.25) is 0 Å². The molecule has 1 aliphatic carbocycles. The van der Waals surface area contributed by atoms with Crippen LogP contribution in [-0.2, 0) is 24.0 Å². The Morgan fingerprint density at radius 1 is 1.11 bits per heavy atom. The summed E-state index contributed by atoms with van der Waals surface area (Å²) < 4.78 is 5.43. The highest BCUT2D eigenvalue weighted by atomic mass is 16.5. The van der Waals surface area contributed by atoms with Crippen molar-refractivity contribution in [1.29, 1.82) is 0 Å². The molecular weight excluding hydrogens is 224 g/mol. The summed E-state index contributed by atoms with van der Waals surface area (Å²) in [6.45, 7) is 1.88. The van der Waals surface area contributed by atoms with Gasteiger partial charge in [-0.05, 0) is 55.2 Å². The second-order valence-corrected chi connectivity index (χ2v) is 5.90. The molecule has 0 atom stereocenters. The third-order valence-electron chi connectivity index (χ3n) is 4.63. The first-order chi connectivity index (χ1) is 8.81. The zero-order valence-corrected chi connectivity index (χ0v) is 11.0. The number of aliphatic hydroxyl groups excluding tert-OH is 1. The van der Waals surface area contributed by atoms with E-state index in [0.29, 0.717) is 0 Å². The summed E-state index contributed by atoms with van der Waals surface area (Å²) in [7, 11) is 0. The molecule has 0 aromatic heterocycles. The van der Waals surface area contributed by atoms with Gasteiger partial charge in [0.05, 0.1) is 0 Å². The van der Waals surface area contributed by atoms with Crippen LogP contribution in [0, 0.1) is 5.41 Å². The van der Waals surface area contributed by atoms with Gasteiger partial charge >= 0.3 is 0 Å². The topological polar surface area (TPSA) is 29.5 Å². The predicted molar refractivity (Wildman–Crippen MR) is 71.7 cm³/mol. The average Bonchev–Trinajstić information content (AvgIpc) is 2.87. The van der Waals surface area contributed by atoms with Crippen LogP contribution in [0.3, 0.4) is 0 Å². The van der Waals surface area contributed by atoms with Gasteiger partial charge in [-0.3, -0.25) is 0 Å². The normalized spacial score (nSPS) is 21.8. The van der Waals surface area contributed by atoms with Crippen LogP contribution in [0.5, 0.6) is 0 Å². The van der Waals surface area contributed by atoms with Gasteiger partial charge in [0.1, 0.15) is 0 Å². The van der Waals surface area contributed by atoms with E-state index in [0.717, 1.165) is 32.5 Å². The summed E-state index contributed by atoms with van der Waals surface area (Å²) in [5.41, 5.74) is 4.52. The number of fused-ring (bicyclic) bond motifs is 1. The molecule has 0 bridgehead atoms. The summed E-state index contributed by atoms with van der Waals surface area (Å²) >= 11 is 0. The number of benzene rings is 1. The fourth-order valence-electron chi connectivity index (χ4n) is 3.36. The second-order valence-electron chi connectivity index (χ2n) is 5.90. The average molecular weight is 246 g/mol. The van der Waals surface area contributed by atoms with Gasteiger partial charge in [-0.2, -0.15) is 0 Å². The van der Waals surface area contributed by atoms with Crippen molar-refractivity contribution in [3.63, 3.8) is 0 Å². The molecule has 2 heteroatoms. The van der Waals surface area contributed by atoms with E-state index >= 15 is 0 Å². The van der Waals surface area contributed by atoms with Crippen molar-refractivity contribution in [2.24, 2.45) is 5.41 Å². The maximum Gasteiger partial charge on any atom is 0.0492 e. The van der Waals surface area contributed by atoms with Crippen LogP contribution in [0.1, 0.15) is 36.0 Å². The van der Waals surface area contributed by atoms with Crippen LogP contribution in [0.2, 0.25) is 0 Å². The molecule has 1 N–H and O–H groups in total. The summed E-state index contributed by atoms with van der Waals surface area (Å²) in [4.78, 5) is 0. The monoisotopic (exact) mass is 246 g/mol. The first kappa shape index (κ1) is 12.2. The molecule has 0 amide bonds. The molecule has 1 saturated heterocycles. The third-order valence-corrected chi connectivity index (χ3v) is 4.63. The van der Waals surface area contributed by atoms with Crippen molar-refractivity contribution in [1.82, 2.24) is 0 Å². The Kier molecular flexibility index (Phi) is 3.40. The van der Waals surface area contributed by atoms with E-state index in [1.54, 1.807) is 0 Å². The molecule has 2 nitrogen and oxygen atoms in total. The lowest BCUT2D eigenvalue weighted by Crippen LogP contribution is -2.35. The van der Waals surface area contributed by atoms with E-state index in [4.69, 9.17) is 4.74 Å². The summed E-state index contributed by atoms with van der Waals surface area (Å²) in [6.07, 6.45) is 6.76. The minimum Gasteiger partial charge on any atom is -0.396 e. The van der Waals surface area contributed by atoms with Crippen molar-refractivity contribution in [2.75, 3.05) is 19.8 Å². The standard InChI is InChI=1S/C16H22O2/c17-12-16(6-8-18-9-7-16)11-13-4-5-14-2-1-3-15(14)10-13/h4-5,10,17H,1-3,6-9,11-12H2. The van der Waals surface area contributed by atoms with E-state index in [-0.39, 0.29) is 12.0 Å². The Balaban J connectivity index is 1.78. The Bertz CT molecular complexity index is 419. The fraction of sp³-hybridized carbons (Fsp3) is 0.625. The molecule has 0 spiro atoms. The lowest BCUT2D eigenvalue weighted by Gasteiger charge is -2.35. The minimum absolute atomic E-state index is 0.0606. The van der Waals surface area contributed by atoms with E-state index in [9.17, 15) is 5.11 Å². The quantitative estimate of drug-likeness (QED) is 0.888. The highest BCUT2D eigenvalue weighted by Crippen LogP contribution is 2.35. The smallest absolute Gasteiger partial charge is 0.0492 e. The minimum atomic E-state index is 0.0606. The molecule has 0 radical (unpaired) electrons.